The van der Waals surface area contributed by atoms with Crippen LogP contribution in [0.15, 0.2) is 30.3 Å². The van der Waals surface area contributed by atoms with Gasteiger partial charge in [0.05, 0.1) is 0 Å². The summed E-state index contributed by atoms with van der Waals surface area (Å²) in [6, 6.07) is 6.80. The molecule has 0 aliphatic heterocycles. The third-order valence-corrected chi connectivity index (χ3v) is 3.01. The van der Waals surface area contributed by atoms with Crippen molar-refractivity contribution < 1.29 is 23.9 Å². The molecule has 0 radical (unpaired) electrons. The molecule has 1 atom stereocenters. The normalized spacial score (nSPS) is 11.4. The molecule has 0 saturated heterocycles. The van der Waals surface area contributed by atoms with Gasteiger partial charge in [0.15, 0.2) is 6.61 Å². The van der Waals surface area contributed by atoms with Crippen LogP contribution >= 0.6 is 0 Å². The van der Waals surface area contributed by atoms with E-state index in [1.807, 2.05) is 19.2 Å². The minimum Gasteiger partial charge on any atom is -0.454 e. The second-order valence-electron chi connectivity index (χ2n) is 5.82. The van der Waals surface area contributed by atoms with E-state index in [1.165, 1.54) is 6.92 Å². The van der Waals surface area contributed by atoms with Gasteiger partial charge in [-0.25, -0.2) is 9.59 Å². The fourth-order valence-electron chi connectivity index (χ4n) is 1.69. The van der Waals surface area contributed by atoms with Crippen LogP contribution in [-0.2, 0) is 14.3 Å². The van der Waals surface area contributed by atoms with Crippen LogP contribution in [0.1, 0.15) is 31.1 Å². The molecule has 0 aromatic heterocycles. The van der Waals surface area contributed by atoms with Crippen molar-refractivity contribution in [3.63, 3.8) is 0 Å². The van der Waals surface area contributed by atoms with Crippen molar-refractivity contribution in [1.29, 1.82) is 0 Å². The molecular weight excluding hydrogens is 326 g/mol. The van der Waals surface area contributed by atoms with Crippen LogP contribution in [0.5, 0.6) is 0 Å². The van der Waals surface area contributed by atoms with Gasteiger partial charge in [-0.15, -0.1) is 0 Å². The van der Waals surface area contributed by atoms with Crippen molar-refractivity contribution in [3.05, 3.63) is 35.9 Å². The number of rotatable bonds is 7. The van der Waals surface area contributed by atoms with Crippen molar-refractivity contribution >= 4 is 23.8 Å². The van der Waals surface area contributed by atoms with E-state index in [9.17, 15) is 19.2 Å². The van der Waals surface area contributed by atoms with Gasteiger partial charge in [-0.3, -0.25) is 14.9 Å². The third-order valence-electron chi connectivity index (χ3n) is 3.01. The van der Waals surface area contributed by atoms with Gasteiger partial charge in [-0.2, -0.15) is 0 Å². The van der Waals surface area contributed by atoms with Crippen LogP contribution in [0.4, 0.5) is 4.79 Å². The van der Waals surface area contributed by atoms with Gasteiger partial charge in [0.2, 0.25) is 0 Å². The number of urea groups is 1. The fourth-order valence-corrected chi connectivity index (χ4v) is 1.69. The predicted octanol–water partition coefficient (Wildman–Crippen LogP) is 0.830. The quantitative estimate of drug-likeness (QED) is 0.631. The number of amides is 4. The summed E-state index contributed by atoms with van der Waals surface area (Å²) in [7, 11) is 0. The Bertz CT molecular complexity index is 616. The van der Waals surface area contributed by atoms with Crippen LogP contribution in [0.3, 0.4) is 0 Å². The number of benzene rings is 1. The molecule has 4 amide bonds. The summed E-state index contributed by atoms with van der Waals surface area (Å²) >= 11 is 0. The summed E-state index contributed by atoms with van der Waals surface area (Å²) in [5.74, 6) is -1.71. The number of carbonyl (C=O) groups is 4. The van der Waals surface area contributed by atoms with Gasteiger partial charge in [-0.1, -0.05) is 32.0 Å². The predicted molar refractivity (Wildman–Crippen MR) is 90.7 cm³/mol. The smallest absolute Gasteiger partial charge is 0.328 e. The van der Waals surface area contributed by atoms with E-state index in [2.05, 4.69) is 10.6 Å². The van der Waals surface area contributed by atoms with E-state index >= 15 is 0 Å². The summed E-state index contributed by atoms with van der Waals surface area (Å²) in [4.78, 5) is 46.6. The first-order valence-corrected chi connectivity index (χ1v) is 7.89. The third kappa shape index (κ3) is 7.96. The maximum atomic E-state index is 11.9. The average molecular weight is 349 g/mol. The molecule has 0 heterocycles. The van der Waals surface area contributed by atoms with Crippen LogP contribution in [0.25, 0.3) is 0 Å². The Morgan fingerprint density at radius 2 is 1.68 bits per heavy atom. The monoisotopic (exact) mass is 349 g/mol. The molecule has 0 aliphatic carbocycles. The van der Waals surface area contributed by atoms with Gasteiger partial charge in [-0.05, 0) is 25.0 Å². The van der Waals surface area contributed by atoms with Crippen LogP contribution in [0, 0.1) is 5.92 Å². The van der Waals surface area contributed by atoms with E-state index in [0.29, 0.717) is 12.1 Å². The standard InChI is InChI=1S/C17H23N3O5/c1-11(2)9-18-17(24)20-14(21)10-25-16(23)12(3)19-15(22)13-7-5-4-6-8-13/h4-8,11-12H,9-10H2,1-3H3,(H,19,22)(H2,18,20,21,24)/t12-/m0/s1. The summed E-state index contributed by atoms with van der Waals surface area (Å²) < 4.78 is 4.78. The molecule has 0 unspecified atom stereocenters. The van der Waals surface area contributed by atoms with E-state index in [1.54, 1.807) is 30.3 Å². The molecule has 1 aromatic carbocycles. The van der Waals surface area contributed by atoms with Gasteiger partial charge in [0, 0.05) is 12.1 Å². The summed E-state index contributed by atoms with van der Waals surface area (Å²) in [6.45, 7) is 5.07. The number of nitrogens with one attached hydrogen (secondary N) is 3. The second kappa shape index (κ2) is 10.1. The van der Waals surface area contributed by atoms with Crippen molar-refractivity contribution in [2.45, 2.75) is 26.8 Å². The minimum atomic E-state index is -0.935. The molecule has 0 bridgehead atoms. The van der Waals surface area contributed by atoms with E-state index in [0.717, 1.165) is 0 Å². The van der Waals surface area contributed by atoms with Gasteiger partial charge in [0.25, 0.3) is 11.8 Å². The lowest BCUT2D eigenvalue weighted by molar-refractivity contribution is -0.149. The first-order chi connectivity index (χ1) is 11.8. The van der Waals surface area contributed by atoms with Crippen LogP contribution in [-0.4, -0.2) is 43.0 Å². The van der Waals surface area contributed by atoms with Crippen molar-refractivity contribution in [2.75, 3.05) is 13.2 Å². The Kier molecular flexibility index (Phi) is 8.11. The lowest BCUT2D eigenvalue weighted by atomic mass is 10.2. The van der Waals surface area contributed by atoms with E-state index in [4.69, 9.17) is 4.74 Å². The van der Waals surface area contributed by atoms with Crippen molar-refractivity contribution in [1.82, 2.24) is 16.0 Å². The largest absolute Gasteiger partial charge is 0.454 e. The summed E-state index contributed by atoms with van der Waals surface area (Å²) in [5.41, 5.74) is 0.404. The number of imide groups is 1. The maximum absolute atomic E-state index is 11.9. The lowest BCUT2D eigenvalue weighted by Crippen LogP contribution is -2.44. The van der Waals surface area contributed by atoms with Gasteiger partial charge < -0.3 is 15.4 Å². The molecule has 0 saturated carbocycles. The Balaban J connectivity index is 2.34. The second-order valence-corrected chi connectivity index (χ2v) is 5.82. The number of ether oxygens (including phenoxy) is 1. The zero-order valence-electron chi connectivity index (χ0n) is 14.5. The molecule has 136 valence electrons. The van der Waals surface area contributed by atoms with Gasteiger partial charge in [0.1, 0.15) is 6.04 Å². The topological polar surface area (TPSA) is 114 Å². The van der Waals surface area contributed by atoms with Crippen molar-refractivity contribution in [3.8, 4) is 0 Å². The molecule has 8 heteroatoms. The molecule has 0 fully saturated rings. The molecule has 25 heavy (non-hydrogen) atoms. The minimum absolute atomic E-state index is 0.243. The fraction of sp³-hybridized carbons (Fsp3) is 0.412. The Hall–Kier alpha value is -2.90. The number of hydrogen-bond acceptors (Lipinski definition) is 5. The summed E-state index contributed by atoms with van der Waals surface area (Å²) in [5, 5.41) is 7.01. The molecule has 0 aliphatic rings. The SMILES string of the molecule is CC(C)CNC(=O)NC(=O)COC(=O)[C@H](C)NC(=O)c1ccccc1. The molecule has 3 N–H and O–H groups in total. The maximum Gasteiger partial charge on any atom is 0.328 e. The lowest BCUT2D eigenvalue weighted by Gasteiger charge is -2.13. The van der Waals surface area contributed by atoms with E-state index < -0.39 is 36.5 Å². The van der Waals surface area contributed by atoms with E-state index in [-0.39, 0.29) is 5.92 Å². The average Bonchev–Trinajstić information content (AvgIpc) is 2.58. The Morgan fingerprint density at radius 3 is 2.28 bits per heavy atom. The number of esters is 1. The first-order valence-electron chi connectivity index (χ1n) is 7.89. The molecule has 0 spiro atoms. The number of carbonyl (C=O) groups excluding carboxylic acids is 4. The van der Waals surface area contributed by atoms with Crippen LogP contribution < -0.4 is 16.0 Å². The van der Waals surface area contributed by atoms with Crippen molar-refractivity contribution in [2.24, 2.45) is 5.92 Å². The first kappa shape index (κ1) is 20.1. The zero-order chi connectivity index (χ0) is 18.8. The van der Waals surface area contributed by atoms with Gasteiger partial charge >= 0.3 is 12.0 Å². The Labute approximate surface area is 146 Å². The Morgan fingerprint density at radius 1 is 1.04 bits per heavy atom. The highest BCUT2D eigenvalue weighted by molar-refractivity contribution is 5.97. The van der Waals surface area contributed by atoms with Crippen LogP contribution in [0.2, 0.25) is 0 Å². The molecular formula is C17H23N3O5. The highest BCUT2D eigenvalue weighted by Crippen LogP contribution is 1.99. The molecule has 8 nitrogen and oxygen atoms in total. The highest BCUT2D eigenvalue weighted by Gasteiger charge is 2.19. The number of hydrogen-bond donors (Lipinski definition) is 3. The zero-order valence-corrected chi connectivity index (χ0v) is 14.5. The molecule has 1 rings (SSSR count). The highest BCUT2D eigenvalue weighted by atomic mass is 16.5. The summed E-state index contributed by atoms with van der Waals surface area (Å²) in [6.07, 6.45) is 0. The molecule has 1 aromatic rings.